The largest absolute Gasteiger partial charge is 0.383 e. The van der Waals surface area contributed by atoms with Gasteiger partial charge in [-0.3, -0.25) is 0 Å². The van der Waals surface area contributed by atoms with Gasteiger partial charge in [0, 0.05) is 23.6 Å². The predicted octanol–water partition coefficient (Wildman–Crippen LogP) is 3.46. The molecule has 0 aromatic heterocycles. The molecule has 0 amide bonds. The van der Waals surface area contributed by atoms with Gasteiger partial charge >= 0.3 is 0 Å². The molecule has 1 rings (SSSR count). The molecule has 0 radical (unpaired) electrons. The van der Waals surface area contributed by atoms with Gasteiger partial charge in [-0.1, -0.05) is 13.0 Å². The molecule has 98 valence electrons. The number of nitrogens with zero attached hydrogens (tertiary/aromatic N) is 2. The molecule has 0 saturated heterocycles. The van der Waals surface area contributed by atoms with Crippen molar-refractivity contribution in [3.05, 3.63) is 28.2 Å². The van der Waals surface area contributed by atoms with Crippen molar-refractivity contribution in [3.63, 3.8) is 0 Å². The van der Waals surface area contributed by atoms with Crippen molar-refractivity contribution in [1.82, 2.24) is 4.90 Å². The van der Waals surface area contributed by atoms with E-state index in [-0.39, 0.29) is 0 Å². The molecule has 0 bridgehead atoms. The zero-order valence-electron chi connectivity index (χ0n) is 11.2. The van der Waals surface area contributed by atoms with Crippen molar-refractivity contribution >= 4 is 21.6 Å². The summed E-state index contributed by atoms with van der Waals surface area (Å²) in [5.41, 5.74) is 1.56. The zero-order chi connectivity index (χ0) is 13.5. The highest BCUT2D eigenvalue weighted by molar-refractivity contribution is 9.10. The molecular weight excluding hydrogens is 290 g/mol. The fourth-order valence-corrected chi connectivity index (χ4v) is 2.14. The highest BCUT2D eigenvalue weighted by Crippen LogP contribution is 2.23. The number of likely N-dealkylation sites (N-methyl/N-ethyl adjacent to an activating group) is 1. The summed E-state index contributed by atoms with van der Waals surface area (Å²) in [7, 11) is 2.13. The average Bonchev–Trinajstić information content (AvgIpc) is 2.37. The average molecular weight is 310 g/mol. The van der Waals surface area contributed by atoms with Crippen molar-refractivity contribution in [2.75, 3.05) is 25.5 Å². The second-order valence-corrected chi connectivity index (χ2v) is 5.29. The molecule has 0 fully saturated rings. The summed E-state index contributed by atoms with van der Waals surface area (Å²) in [6, 6.07) is 8.56. The molecular formula is C14H20BrN3. The molecule has 3 nitrogen and oxygen atoms in total. The molecule has 4 heteroatoms. The lowest BCUT2D eigenvalue weighted by Crippen LogP contribution is -2.32. The van der Waals surface area contributed by atoms with Crippen LogP contribution in [0.25, 0.3) is 0 Å². The number of nitrogens with one attached hydrogen (secondary N) is 1. The lowest BCUT2D eigenvalue weighted by atomic mass is 10.2. The molecule has 0 heterocycles. The lowest BCUT2D eigenvalue weighted by Gasteiger charge is -2.23. The minimum Gasteiger partial charge on any atom is -0.383 e. The maximum atomic E-state index is 9.10. The maximum absolute atomic E-state index is 9.10. The van der Waals surface area contributed by atoms with Crippen molar-refractivity contribution in [2.24, 2.45) is 0 Å². The lowest BCUT2D eigenvalue weighted by molar-refractivity contribution is 0.261. The normalized spacial score (nSPS) is 12.2. The molecule has 0 aliphatic rings. The molecule has 0 saturated carbocycles. The Morgan fingerprint density at radius 3 is 2.83 bits per heavy atom. The smallest absolute Gasteiger partial charge is 0.103 e. The van der Waals surface area contributed by atoms with Crippen molar-refractivity contribution < 1.29 is 0 Å². The van der Waals surface area contributed by atoms with Gasteiger partial charge in [0.05, 0.1) is 11.3 Å². The van der Waals surface area contributed by atoms with Gasteiger partial charge in [0.25, 0.3) is 0 Å². The number of benzene rings is 1. The minimum atomic E-state index is 0.588. The van der Waals surface area contributed by atoms with Gasteiger partial charge in [0.2, 0.25) is 0 Å². The molecule has 0 spiro atoms. The Hall–Kier alpha value is -1.05. The third-order valence-corrected chi connectivity index (χ3v) is 3.91. The Labute approximate surface area is 118 Å². The number of nitriles is 1. The Kier molecular flexibility index (Phi) is 6.17. The molecule has 18 heavy (non-hydrogen) atoms. The van der Waals surface area contributed by atoms with Gasteiger partial charge in [-0.2, -0.15) is 5.26 Å². The van der Waals surface area contributed by atoms with Crippen molar-refractivity contribution in [2.45, 2.75) is 26.3 Å². The van der Waals surface area contributed by atoms with Gasteiger partial charge in [-0.15, -0.1) is 0 Å². The van der Waals surface area contributed by atoms with Crippen LogP contribution in [0.1, 0.15) is 25.8 Å². The van der Waals surface area contributed by atoms with Crippen LogP contribution in [0.2, 0.25) is 0 Å². The Balaban J connectivity index is 2.55. The number of hydrogen-bond donors (Lipinski definition) is 1. The highest BCUT2D eigenvalue weighted by atomic mass is 79.9. The van der Waals surface area contributed by atoms with Crippen molar-refractivity contribution in [1.29, 1.82) is 5.26 Å². The minimum absolute atomic E-state index is 0.588. The Bertz CT molecular complexity index is 426. The van der Waals surface area contributed by atoms with Crippen LogP contribution in [0.5, 0.6) is 0 Å². The summed E-state index contributed by atoms with van der Waals surface area (Å²) in [5.74, 6) is 0. The third kappa shape index (κ3) is 4.01. The first-order valence-electron chi connectivity index (χ1n) is 6.22. The van der Waals surface area contributed by atoms with E-state index in [4.69, 9.17) is 5.26 Å². The standard InChI is InChI=1S/C14H20BrN3/c1-4-11(2)18(3)9-8-17-14-7-5-6-13(15)12(14)10-16/h5-7,11,17H,4,8-9H2,1-3H3. The number of halogens is 1. The summed E-state index contributed by atoms with van der Waals surface area (Å²) in [5, 5.41) is 12.4. The van der Waals surface area contributed by atoms with E-state index in [9.17, 15) is 0 Å². The topological polar surface area (TPSA) is 39.1 Å². The SMILES string of the molecule is CCC(C)N(C)CCNc1cccc(Br)c1C#N. The third-order valence-electron chi connectivity index (χ3n) is 3.25. The van der Waals surface area contributed by atoms with E-state index in [1.807, 2.05) is 18.2 Å². The molecule has 0 aliphatic carbocycles. The van der Waals surface area contributed by atoms with Crippen molar-refractivity contribution in [3.8, 4) is 6.07 Å². The summed E-state index contributed by atoms with van der Waals surface area (Å²) in [6.45, 7) is 6.22. The van der Waals surface area contributed by atoms with Crippen LogP contribution < -0.4 is 5.32 Å². The number of anilines is 1. The summed E-state index contributed by atoms with van der Waals surface area (Å²) in [4.78, 5) is 2.32. The fraction of sp³-hybridized carbons (Fsp3) is 0.500. The molecule has 1 N–H and O–H groups in total. The van der Waals surface area contributed by atoms with E-state index in [1.165, 1.54) is 0 Å². The van der Waals surface area contributed by atoms with Crippen LogP contribution in [0.3, 0.4) is 0 Å². The van der Waals surface area contributed by atoms with E-state index in [2.05, 4.69) is 53.1 Å². The summed E-state index contributed by atoms with van der Waals surface area (Å²) >= 11 is 3.39. The second-order valence-electron chi connectivity index (χ2n) is 4.44. The summed E-state index contributed by atoms with van der Waals surface area (Å²) in [6.07, 6.45) is 1.15. The first kappa shape index (κ1) is 15.0. The van der Waals surface area contributed by atoms with Crippen LogP contribution in [-0.4, -0.2) is 31.1 Å². The summed E-state index contributed by atoms with van der Waals surface area (Å²) < 4.78 is 0.838. The van der Waals surface area contributed by atoms with Gasteiger partial charge in [0.15, 0.2) is 0 Å². The molecule has 1 atom stereocenters. The quantitative estimate of drug-likeness (QED) is 0.874. The predicted molar refractivity (Wildman–Crippen MR) is 79.7 cm³/mol. The van der Waals surface area contributed by atoms with Crippen LogP contribution in [-0.2, 0) is 0 Å². The van der Waals surface area contributed by atoms with E-state index in [1.54, 1.807) is 0 Å². The first-order chi connectivity index (χ1) is 8.60. The van der Waals surface area contributed by atoms with Crippen LogP contribution in [0.15, 0.2) is 22.7 Å². The molecule has 0 aliphatic heterocycles. The van der Waals surface area contributed by atoms with Crippen LogP contribution in [0, 0.1) is 11.3 Å². The van der Waals surface area contributed by atoms with E-state index >= 15 is 0 Å². The molecule has 1 aromatic rings. The number of rotatable bonds is 6. The van der Waals surface area contributed by atoms with Crippen LogP contribution >= 0.6 is 15.9 Å². The second kappa shape index (κ2) is 7.40. The van der Waals surface area contributed by atoms with Crippen LogP contribution in [0.4, 0.5) is 5.69 Å². The van der Waals surface area contributed by atoms with Gasteiger partial charge in [-0.05, 0) is 48.5 Å². The maximum Gasteiger partial charge on any atom is 0.103 e. The molecule has 1 unspecified atom stereocenters. The Morgan fingerprint density at radius 1 is 1.50 bits per heavy atom. The molecule has 1 aromatic carbocycles. The van der Waals surface area contributed by atoms with Gasteiger partial charge in [0.1, 0.15) is 6.07 Å². The van der Waals surface area contributed by atoms with Gasteiger partial charge in [-0.25, -0.2) is 0 Å². The Morgan fingerprint density at radius 2 is 2.22 bits per heavy atom. The first-order valence-corrected chi connectivity index (χ1v) is 7.02. The highest BCUT2D eigenvalue weighted by Gasteiger charge is 2.08. The monoisotopic (exact) mass is 309 g/mol. The van der Waals surface area contributed by atoms with E-state index in [0.29, 0.717) is 11.6 Å². The number of hydrogen-bond acceptors (Lipinski definition) is 3. The van der Waals surface area contributed by atoms with E-state index < -0.39 is 0 Å². The zero-order valence-corrected chi connectivity index (χ0v) is 12.8. The van der Waals surface area contributed by atoms with E-state index in [0.717, 1.165) is 29.7 Å². The fourth-order valence-electron chi connectivity index (χ4n) is 1.68. The van der Waals surface area contributed by atoms with Gasteiger partial charge < -0.3 is 10.2 Å².